The van der Waals surface area contributed by atoms with Crippen molar-refractivity contribution in [2.24, 2.45) is 5.92 Å². The normalized spacial score (nSPS) is 25.5. The van der Waals surface area contributed by atoms with E-state index >= 15 is 0 Å². The summed E-state index contributed by atoms with van der Waals surface area (Å²) in [6.07, 6.45) is 8.05. The summed E-state index contributed by atoms with van der Waals surface area (Å²) < 4.78 is 5.76. The lowest BCUT2D eigenvalue weighted by Gasteiger charge is -2.35. The molecule has 0 aromatic heterocycles. The molecule has 1 saturated carbocycles. The van der Waals surface area contributed by atoms with E-state index in [1.165, 1.54) is 30.4 Å². The zero-order chi connectivity index (χ0) is 20.1. The lowest BCUT2D eigenvalue weighted by atomic mass is 9.85. The first-order valence-corrected chi connectivity index (χ1v) is 10.8. The molecule has 1 aliphatic heterocycles. The first-order chi connectivity index (χ1) is 13.3. The van der Waals surface area contributed by atoms with E-state index in [0.717, 1.165) is 25.9 Å². The molecule has 1 aromatic carbocycles. The highest BCUT2D eigenvalue weighted by Crippen LogP contribution is 2.40. The average Bonchev–Trinajstić information content (AvgIpc) is 2.99. The number of carbonyl (C=O) groups excluding carboxylic acids is 1. The van der Waals surface area contributed by atoms with Crippen LogP contribution in [0.1, 0.15) is 65.4 Å². The smallest absolute Gasteiger partial charge is 0.410 e. The van der Waals surface area contributed by atoms with Gasteiger partial charge in [0.1, 0.15) is 5.60 Å². The highest BCUT2D eigenvalue weighted by atomic mass is 16.6. The summed E-state index contributed by atoms with van der Waals surface area (Å²) in [5.74, 6) is 0.633. The Hall–Kier alpha value is -1.81. The minimum absolute atomic E-state index is 0.134. The third kappa shape index (κ3) is 5.60. The molecule has 2 aliphatic rings. The summed E-state index contributed by atoms with van der Waals surface area (Å²) in [6, 6.07) is 11.0. The second-order valence-corrected chi connectivity index (χ2v) is 9.42. The van der Waals surface area contributed by atoms with Gasteiger partial charge in [0.2, 0.25) is 0 Å². The van der Waals surface area contributed by atoms with Crippen LogP contribution in [0.5, 0.6) is 0 Å². The van der Waals surface area contributed by atoms with Crippen LogP contribution in [0.4, 0.5) is 4.79 Å². The molecule has 1 heterocycles. The lowest BCUT2D eigenvalue weighted by molar-refractivity contribution is 0.0105. The van der Waals surface area contributed by atoms with E-state index in [4.69, 9.17) is 4.74 Å². The molecule has 1 aliphatic carbocycles. The van der Waals surface area contributed by atoms with Gasteiger partial charge in [-0.1, -0.05) is 54.8 Å². The summed E-state index contributed by atoms with van der Waals surface area (Å²) in [5, 5.41) is 3.59. The van der Waals surface area contributed by atoms with Gasteiger partial charge >= 0.3 is 6.09 Å². The third-order valence-corrected chi connectivity index (χ3v) is 5.80. The summed E-state index contributed by atoms with van der Waals surface area (Å²) >= 11 is 0. The molecular formula is C24H36N2O2. The molecule has 0 bridgehead atoms. The van der Waals surface area contributed by atoms with Crippen LogP contribution in [-0.4, -0.2) is 41.8 Å². The maximum Gasteiger partial charge on any atom is 0.410 e. The molecule has 1 saturated heterocycles. The molecule has 4 nitrogen and oxygen atoms in total. The summed E-state index contributed by atoms with van der Waals surface area (Å²) in [7, 11) is 0. The van der Waals surface area contributed by atoms with Crippen LogP contribution in [0.15, 0.2) is 35.9 Å². The molecular weight excluding hydrogens is 348 g/mol. The number of hydrogen-bond donors (Lipinski definition) is 1. The summed E-state index contributed by atoms with van der Waals surface area (Å²) in [6.45, 7) is 9.66. The quantitative estimate of drug-likeness (QED) is 0.754. The van der Waals surface area contributed by atoms with Gasteiger partial charge < -0.3 is 15.0 Å². The standard InChI is InChI=1S/C24H36N2O2/c1-18(14-19-10-6-5-7-11-19)16-25-17-21-15-20-12-8-9-13-22(20)26(21)23(27)28-24(2,3)4/h5-7,10-11,14,20-22,25H,8-9,12-13,15-17H2,1-4H3/b18-14+/t20?,21-,22?/m0/s1. The molecule has 3 atom stereocenters. The Morgan fingerprint density at radius 3 is 2.64 bits per heavy atom. The largest absolute Gasteiger partial charge is 0.444 e. The summed E-state index contributed by atoms with van der Waals surface area (Å²) in [5.41, 5.74) is 2.08. The van der Waals surface area contributed by atoms with Gasteiger partial charge in [0, 0.05) is 25.2 Å². The Kier molecular flexibility index (Phi) is 6.82. The number of hydrogen-bond acceptors (Lipinski definition) is 3. The van der Waals surface area contributed by atoms with Crippen molar-refractivity contribution in [2.45, 2.75) is 77.5 Å². The number of benzene rings is 1. The Balaban J connectivity index is 1.60. The number of nitrogens with zero attached hydrogens (tertiary/aromatic N) is 1. The van der Waals surface area contributed by atoms with E-state index in [9.17, 15) is 4.79 Å². The van der Waals surface area contributed by atoms with Gasteiger partial charge in [-0.3, -0.25) is 0 Å². The first-order valence-electron chi connectivity index (χ1n) is 10.8. The molecule has 28 heavy (non-hydrogen) atoms. The Labute approximate surface area is 170 Å². The van der Waals surface area contributed by atoms with Crippen LogP contribution >= 0.6 is 0 Å². The minimum Gasteiger partial charge on any atom is -0.444 e. The second-order valence-electron chi connectivity index (χ2n) is 9.42. The molecule has 0 radical (unpaired) electrons. The van der Waals surface area contributed by atoms with E-state index in [-0.39, 0.29) is 12.1 Å². The molecule has 2 fully saturated rings. The van der Waals surface area contributed by atoms with Gasteiger partial charge in [0.15, 0.2) is 0 Å². The number of likely N-dealkylation sites (tertiary alicyclic amines) is 1. The zero-order valence-corrected chi connectivity index (χ0v) is 17.9. The zero-order valence-electron chi connectivity index (χ0n) is 17.9. The topological polar surface area (TPSA) is 41.6 Å². The number of ether oxygens (including phenoxy) is 1. The molecule has 1 N–H and O–H groups in total. The highest BCUT2D eigenvalue weighted by molar-refractivity contribution is 5.69. The molecule has 154 valence electrons. The van der Waals surface area contributed by atoms with Crippen LogP contribution in [0.2, 0.25) is 0 Å². The molecule has 2 unspecified atom stereocenters. The van der Waals surface area contributed by atoms with Gasteiger partial charge in [-0.05, 0) is 58.4 Å². The van der Waals surface area contributed by atoms with E-state index in [1.807, 2.05) is 26.8 Å². The predicted octanol–water partition coefficient (Wildman–Crippen LogP) is 5.25. The van der Waals surface area contributed by atoms with Gasteiger partial charge in [-0.25, -0.2) is 4.79 Å². The predicted molar refractivity (Wildman–Crippen MR) is 115 cm³/mol. The Morgan fingerprint density at radius 1 is 1.21 bits per heavy atom. The fourth-order valence-corrected chi connectivity index (χ4v) is 4.66. The van der Waals surface area contributed by atoms with Gasteiger partial charge in [0.25, 0.3) is 0 Å². The van der Waals surface area contributed by atoms with Gasteiger partial charge in [-0.15, -0.1) is 0 Å². The van der Waals surface area contributed by atoms with Crippen molar-refractivity contribution in [3.8, 4) is 0 Å². The van der Waals surface area contributed by atoms with Gasteiger partial charge in [-0.2, -0.15) is 0 Å². The van der Waals surface area contributed by atoms with Crippen molar-refractivity contribution >= 4 is 12.2 Å². The number of nitrogens with one attached hydrogen (secondary N) is 1. The van der Waals surface area contributed by atoms with Crippen molar-refractivity contribution in [3.63, 3.8) is 0 Å². The van der Waals surface area contributed by atoms with Crippen LogP contribution in [0.3, 0.4) is 0 Å². The first kappa shape index (κ1) is 20.9. The van der Waals surface area contributed by atoms with Crippen molar-refractivity contribution in [2.75, 3.05) is 13.1 Å². The lowest BCUT2D eigenvalue weighted by Crippen LogP contribution is -2.48. The minimum atomic E-state index is -0.448. The molecule has 1 amide bonds. The molecule has 3 rings (SSSR count). The molecule has 4 heteroatoms. The number of amides is 1. The van der Waals surface area contributed by atoms with Crippen LogP contribution in [0.25, 0.3) is 6.08 Å². The van der Waals surface area contributed by atoms with Crippen molar-refractivity contribution in [1.29, 1.82) is 0 Å². The second kappa shape index (κ2) is 9.13. The highest BCUT2D eigenvalue weighted by Gasteiger charge is 2.45. The van der Waals surface area contributed by atoms with Crippen LogP contribution < -0.4 is 5.32 Å². The number of fused-ring (bicyclic) bond motifs is 1. The fraction of sp³-hybridized carbons (Fsp3) is 0.625. The molecule has 0 spiro atoms. The third-order valence-electron chi connectivity index (χ3n) is 5.80. The van der Waals surface area contributed by atoms with Crippen LogP contribution in [0, 0.1) is 5.92 Å². The van der Waals surface area contributed by atoms with Crippen LogP contribution in [-0.2, 0) is 4.74 Å². The maximum absolute atomic E-state index is 12.9. The van der Waals surface area contributed by atoms with E-state index in [1.54, 1.807) is 0 Å². The summed E-state index contributed by atoms with van der Waals surface area (Å²) in [4.78, 5) is 15.0. The van der Waals surface area contributed by atoms with E-state index in [0.29, 0.717) is 12.0 Å². The SMILES string of the molecule is C/C(=C\c1ccccc1)CNC[C@@H]1CC2CCCCC2N1C(=O)OC(C)(C)C. The van der Waals surface area contributed by atoms with E-state index < -0.39 is 5.60 Å². The molecule has 1 aromatic rings. The van der Waals surface area contributed by atoms with Gasteiger partial charge in [0.05, 0.1) is 0 Å². The Morgan fingerprint density at radius 2 is 1.93 bits per heavy atom. The Bertz CT molecular complexity index is 678. The fourth-order valence-electron chi connectivity index (χ4n) is 4.66. The van der Waals surface area contributed by atoms with Crippen molar-refractivity contribution in [1.82, 2.24) is 10.2 Å². The number of carbonyl (C=O) groups is 1. The van der Waals surface area contributed by atoms with Crippen molar-refractivity contribution < 1.29 is 9.53 Å². The number of rotatable bonds is 5. The average molecular weight is 385 g/mol. The monoisotopic (exact) mass is 384 g/mol. The van der Waals surface area contributed by atoms with Crippen molar-refractivity contribution in [3.05, 3.63) is 41.5 Å². The maximum atomic E-state index is 12.9. The van der Waals surface area contributed by atoms with E-state index in [2.05, 4.69) is 47.5 Å².